The quantitative estimate of drug-likeness (QED) is 0.600. The molecule has 0 unspecified atom stereocenters. The average molecular weight is 379 g/mol. The van der Waals surface area contributed by atoms with Gasteiger partial charge < -0.3 is 15.0 Å². The Kier molecular flexibility index (Phi) is 4.11. The zero-order valence-corrected chi connectivity index (χ0v) is 15.0. The van der Waals surface area contributed by atoms with Crippen LogP contribution in [0.3, 0.4) is 0 Å². The molecule has 142 valence electrons. The summed E-state index contributed by atoms with van der Waals surface area (Å²) < 4.78 is 5.18. The molecule has 2 aromatic carbocycles. The van der Waals surface area contributed by atoms with Crippen LogP contribution in [0.25, 0.3) is 0 Å². The summed E-state index contributed by atoms with van der Waals surface area (Å²) in [6.45, 7) is 0.178. The number of hydrogen-bond acceptors (Lipinski definition) is 5. The molecule has 1 atom stereocenters. The summed E-state index contributed by atoms with van der Waals surface area (Å²) in [5.41, 5.74) is 0.355. The number of carbonyl (C=O) groups is 4. The summed E-state index contributed by atoms with van der Waals surface area (Å²) >= 11 is 0. The van der Waals surface area contributed by atoms with Crippen LogP contribution in [0.5, 0.6) is 5.75 Å². The number of carbonyl (C=O) groups excluding carboxylic acids is 4. The predicted molar refractivity (Wildman–Crippen MR) is 97.9 cm³/mol. The summed E-state index contributed by atoms with van der Waals surface area (Å²) in [7, 11) is 1.52. The molecule has 2 N–H and O–H groups in total. The van der Waals surface area contributed by atoms with E-state index in [1.54, 1.807) is 42.5 Å². The Labute approximate surface area is 160 Å². The number of nitrogens with zero attached hydrogens (tertiary/aromatic N) is 1. The van der Waals surface area contributed by atoms with Gasteiger partial charge in [0.2, 0.25) is 0 Å². The highest BCUT2D eigenvalue weighted by molar-refractivity contribution is 6.09. The molecule has 0 spiro atoms. The highest BCUT2D eigenvalue weighted by Crippen LogP contribution is 2.33. The molecule has 4 rings (SSSR count). The van der Waals surface area contributed by atoms with E-state index in [9.17, 15) is 19.2 Å². The third-order valence-electron chi connectivity index (χ3n) is 5.11. The molecule has 0 radical (unpaired) electrons. The van der Waals surface area contributed by atoms with Crippen molar-refractivity contribution in [2.45, 2.75) is 12.1 Å². The Morgan fingerprint density at radius 3 is 2.64 bits per heavy atom. The molecular formula is C20H17N3O5. The van der Waals surface area contributed by atoms with E-state index in [0.717, 1.165) is 5.56 Å². The van der Waals surface area contributed by atoms with Gasteiger partial charge in [-0.05, 0) is 23.3 Å². The smallest absolute Gasteiger partial charge is 0.322 e. The second kappa shape index (κ2) is 6.49. The molecular weight excluding hydrogens is 362 g/mol. The molecule has 2 aliphatic rings. The van der Waals surface area contributed by atoms with Crippen LogP contribution in [0.15, 0.2) is 42.5 Å². The molecule has 0 aliphatic carbocycles. The van der Waals surface area contributed by atoms with E-state index in [2.05, 4.69) is 10.6 Å². The molecule has 0 saturated carbocycles. The molecule has 2 aliphatic heterocycles. The largest absolute Gasteiger partial charge is 0.497 e. The van der Waals surface area contributed by atoms with Crippen molar-refractivity contribution in [3.63, 3.8) is 0 Å². The van der Waals surface area contributed by atoms with Gasteiger partial charge in [0.05, 0.1) is 13.7 Å². The average Bonchev–Trinajstić information content (AvgIpc) is 3.17. The van der Waals surface area contributed by atoms with E-state index in [0.29, 0.717) is 23.2 Å². The number of urea groups is 1. The third kappa shape index (κ3) is 2.61. The van der Waals surface area contributed by atoms with Gasteiger partial charge in [0.25, 0.3) is 11.8 Å². The molecule has 8 heteroatoms. The summed E-state index contributed by atoms with van der Waals surface area (Å²) in [6.07, 6.45) is 0.625. The summed E-state index contributed by atoms with van der Waals surface area (Å²) in [5.74, 6) is -0.319. The van der Waals surface area contributed by atoms with Crippen molar-refractivity contribution in [1.29, 1.82) is 0 Å². The molecule has 28 heavy (non-hydrogen) atoms. The van der Waals surface area contributed by atoms with E-state index >= 15 is 0 Å². The summed E-state index contributed by atoms with van der Waals surface area (Å²) in [4.78, 5) is 50.7. The maximum absolute atomic E-state index is 12.9. The lowest BCUT2D eigenvalue weighted by atomic mass is 9.86. The van der Waals surface area contributed by atoms with Crippen LogP contribution in [0.1, 0.15) is 31.8 Å². The van der Waals surface area contributed by atoms with E-state index in [1.165, 1.54) is 12.0 Å². The maximum Gasteiger partial charge on any atom is 0.322 e. The third-order valence-corrected chi connectivity index (χ3v) is 5.11. The first kappa shape index (κ1) is 17.7. The maximum atomic E-state index is 12.9. The van der Waals surface area contributed by atoms with E-state index in [-0.39, 0.29) is 24.6 Å². The van der Waals surface area contributed by atoms with Gasteiger partial charge in [-0.2, -0.15) is 0 Å². The molecule has 8 nitrogen and oxygen atoms in total. The number of benzene rings is 2. The van der Waals surface area contributed by atoms with Crippen LogP contribution in [-0.4, -0.2) is 42.7 Å². The Hall–Kier alpha value is -3.68. The number of ether oxygens (including phenoxy) is 1. The SMILES string of the molecule is COc1ccc2c(c1)C(=O)N(C[C@@]1(c3ccccc3C=O)NC(=O)NC1=O)C2. The van der Waals surface area contributed by atoms with Gasteiger partial charge >= 0.3 is 6.03 Å². The van der Waals surface area contributed by atoms with Gasteiger partial charge in [-0.3, -0.25) is 19.7 Å². The minimum absolute atomic E-state index is 0.106. The Balaban J connectivity index is 1.74. The fourth-order valence-electron chi connectivity index (χ4n) is 3.75. The first-order chi connectivity index (χ1) is 13.5. The fraction of sp³-hybridized carbons (Fsp3) is 0.200. The van der Waals surface area contributed by atoms with Crippen molar-refractivity contribution in [2.24, 2.45) is 0 Å². The molecule has 0 bridgehead atoms. The number of aldehydes is 1. The zero-order chi connectivity index (χ0) is 19.9. The van der Waals surface area contributed by atoms with Gasteiger partial charge in [-0.25, -0.2) is 4.79 Å². The van der Waals surface area contributed by atoms with Gasteiger partial charge in [0.15, 0.2) is 5.54 Å². The van der Waals surface area contributed by atoms with Crippen molar-refractivity contribution in [2.75, 3.05) is 13.7 Å². The molecule has 1 fully saturated rings. The molecule has 4 amide bonds. The molecule has 2 aromatic rings. The van der Waals surface area contributed by atoms with Gasteiger partial charge in [-0.1, -0.05) is 30.3 Å². The minimum atomic E-state index is -1.55. The Morgan fingerprint density at radius 2 is 1.96 bits per heavy atom. The normalized spacial score (nSPS) is 20.6. The van der Waals surface area contributed by atoms with Crippen molar-refractivity contribution < 1.29 is 23.9 Å². The molecule has 2 heterocycles. The fourth-order valence-corrected chi connectivity index (χ4v) is 3.75. The number of imide groups is 1. The number of fused-ring (bicyclic) bond motifs is 1. The second-order valence-corrected chi connectivity index (χ2v) is 6.70. The van der Waals surface area contributed by atoms with Gasteiger partial charge in [0.1, 0.15) is 12.0 Å². The van der Waals surface area contributed by atoms with Crippen LogP contribution < -0.4 is 15.4 Å². The van der Waals surface area contributed by atoms with Crippen LogP contribution in [0.2, 0.25) is 0 Å². The van der Waals surface area contributed by atoms with Crippen LogP contribution in [-0.2, 0) is 16.9 Å². The lowest BCUT2D eigenvalue weighted by Crippen LogP contribution is -2.53. The number of hydrogen-bond donors (Lipinski definition) is 2. The lowest BCUT2D eigenvalue weighted by Gasteiger charge is -2.32. The topological polar surface area (TPSA) is 105 Å². The Morgan fingerprint density at radius 1 is 1.18 bits per heavy atom. The predicted octanol–water partition coefficient (Wildman–Crippen LogP) is 1.20. The van der Waals surface area contributed by atoms with E-state index < -0.39 is 17.5 Å². The number of rotatable bonds is 5. The monoisotopic (exact) mass is 379 g/mol. The van der Waals surface area contributed by atoms with Crippen LogP contribution in [0.4, 0.5) is 4.79 Å². The zero-order valence-electron chi connectivity index (χ0n) is 15.0. The first-order valence-corrected chi connectivity index (χ1v) is 8.63. The van der Waals surface area contributed by atoms with E-state index in [1.807, 2.05) is 0 Å². The Bertz CT molecular complexity index is 1020. The lowest BCUT2D eigenvalue weighted by molar-refractivity contribution is -0.124. The van der Waals surface area contributed by atoms with E-state index in [4.69, 9.17) is 4.74 Å². The molecule has 1 saturated heterocycles. The highest BCUT2D eigenvalue weighted by Gasteiger charge is 2.51. The highest BCUT2D eigenvalue weighted by atomic mass is 16.5. The van der Waals surface area contributed by atoms with Gasteiger partial charge in [-0.15, -0.1) is 0 Å². The number of methoxy groups -OCH3 is 1. The summed E-state index contributed by atoms with van der Waals surface area (Å²) in [6, 6.07) is 11.0. The standard InChI is InChI=1S/C20H17N3O5/c1-28-14-7-6-12-9-23(17(25)15(12)8-14)11-20(18(26)21-19(27)22-20)16-5-3-2-4-13(16)10-24/h2-8,10H,9,11H2,1H3,(H2,21,22,26,27)/t20-/m0/s1. The van der Waals surface area contributed by atoms with Crippen molar-refractivity contribution in [3.05, 3.63) is 64.7 Å². The minimum Gasteiger partial charge on any atom is -0.497 e. The van der Waals surface area contributed by atoms with Crippen molar-refractivity contribution >= 4 is 24.1 Å². The van der Waals surface area contributed by atoms with Crippen LogP contribution >= 0.6 is 0 Å². The van der Waals surface area contributed by atoms with Gasteiger partial charge in [0, 0.05) is 17.7 Å². The van der Waals surface area contributed by atoms with Crippen LogP contribution in [0, 0.1) is 0 Å². The number of amides is 4. The van der Waals surface area contributed by atoms with Crippen molar-refractivity contribution in [3.8, 4) is 5.75 Å². The molecule has 0 aromatic heterocycles. The van der Waals surface area contributed by atoms with Crippen molar-refractivity contribution in [1.82, 2.24) is 15.5 Å². The second-order valence-electron chi connectivity index (χ2n) is 6.70. The summed E-state index contributed by atoms with van der Waals surface area (Å²) in [5, 5.41) is 4.85. The number of nitrogens with one attached hydrogen (secondary N) is 2. The first-order valence-electron chi connectivity index (χ1n) is 8.63.